The number of nitrogens with two attached hydrogens (primary N) is 1. The predicted molar refractivity (Wildman–Crippen MR) is 69.3 cm³/mol. The van der Waals surface area contributed by atoms with Crippen LogP contribution in [-0.2, 0) is 6.42 Å². The molecule has 0 saturated heterocycles. The Morgan fingerprint density at radius 2 is 1.94 bits per heavy atom. The van der Waals surface area contributed by atoms with Crippen molar-refractivity contribution >= 4 is 16.5 Å². The largest absolute Gasteiger partial charge is 0.329 e. The van der Waals surface area contributed by atoms with Gasteiger partial charge in [0.25, 0.3) is 0 Å². The SMILES string of the molecule is CC(C)Cc1ccc(-c2csc(N)[nH+]2)cc1. The number of hydrogen-bond donors (Lipinski definition) is 1. The van der Waals surface area contributed by atoms with E-state index in [1.165, 1.54) is 22.5 Å². The van der Waals surface area contributed by atoms with Gasteiger partial charge in [0.2, 0.25) is 0 Å². The van der Waals surface area contributed by atoms with Crippen molar-refractivity contribution in [2.75, 3.05) is 5.73 Å². The quantitative estimate of drug-likeness (QED) is 0.869. The van der Waals surface area contributed by atoms with Gasteiger partial charge in [-0.1, -0.05) is 49.4 Å². The Bertz CT molecular complexity index is 457. The van der Waals surface area contributed by atoms with Crippen LogP contribution in [0.2, 0.25) is 0 Å². The summed E-state index contributed by atoms with van der Waals surface area (Å²) in [5, 5.41) is 2.80. The minimum absolute atomic E-state index is 0.703. The van der Waals surface area contributed by atoms with Crippen molar-refractivity contribution in [3.63, 3.8) is 0 Å². The van der Waals surface area contributed by atoms with Gasteiger partial charge < -0.3 is 0 Å². The first-order valence-corrected chi connectivity index (χ1v) is 6.38. The molecule has 0 fully saturated rings. The maximum absolute atomic E-state index is 5.67. The molecule has 0 atom stereocenters. The zero-order valence-corrected chi connectivity index (χ0v) is 10.5. The Labute approximate surface area is 100 Å². The molecule has 84 valence electrons. The van der Waals surface area contributed by atoms with Gasteiger partial charge in [0.15, 0.2) is 0 Å². The molecule has 2 aromatic rings. The van der Waals surface area contributed by atoms with Gasteiger partial charge in [-0.3, -0.25) is 5.73 Å². The topological polar surface area (TPSA) is 40.2 Å². The van der Waals surface area contributed by atoms with Crippen molar-refractivity contribution in [3.05, 3.63) is 35.2 Å². The third-order valence-electron chi connectivity index (χ3n) is 2.47. The number of nitrogens with one attached hydrogen (secondary N) is 1. The minimum atomic E-state index is 0.703. The van der Waals surface area contributed by atoms with Crippen LogP contribution in [0.3, 0.4) is 0 Å². The summed E-state index contributed by atoms with van der Waals surface area (Å²) in [6.07, 6.45) is 1.13. The van der Waals surface area contributed by atoms with Crippen LogP contribution in [0.15, 0.2) is 29.6 Å². The summed E-state index contributed by atoms with van der Waals surface area (Å²) in [6.45, 7) is 4.47. The average molecular weight is 233 g/mol. The van der Waals surface area contributed by atoms with E-state index in [9.17, 15) is 0 Å². The van der Waals surface area contributed by atoms with Gasteiger partial charge in [0, 0.05) is 10.9 Å². The second-order valence-corrected chi connectivity index (χ2v) is 5.34. The van der Waals surface area contributed by atoms with E-state index < -0.39 is 0 Å². The number of nitrogen functional groups attached to an aromatic ring is 1. The predicted octanol–water partition coefficient (Wildman–Crippen LogP) is 3.01. The smallest absolute Gasteiger partial charge is 0.278 e. The fourth-order valence-electron chi connectivity index (χ4n) is 1.75. The van der Waals surface area contributed by atoms with Gasteiger partial charge in [0.1, 0.15) is 5.69 Å². The van der Waals surface area contributed by atoms with Gasteiger partial charge in [-0.15, -0.1) is 0 Å². The fraction of sp³-hybridized carbons (Fsp3) is 0.308. The molecule has 0 bridgehead atoms. The van der Waals surface area contributed by atoms with Gasteiger partial charge in [-0.25, -0.2) is 4.98 Å². The lowest BCUT2D eigenvalue weighted by Gasteiger charge is -2.04. The summed E-state index contributed by atoms with van der Waals surface area (Å²) in [5.41, 5.74) is 9.36. The molecule has 0 aliphatic heterocycles. The lowest BCUT2D eigenvalue weighted by atomic mass is 10.0. The van der Waals surface area contributed by atoms with E-state index in [1.807, 2.05) is 5.38 Å². The number of aromatic nitrogens is 1. The van der Waals surface area contributed by atoms with E-state index in [0.29, 0.717) is 5.92 Å². The molecule has 1 aromatic heterocycles. The number of anilines is 1. The standard InChI is InChI=1S/C13H16N2S/c1-9(2)7-10-3-5-11(6-4-10)12-8-16-13(14)15-12/h3-6,8-9H,7H2,1-2H3,(H2,14,15)/p+1. The van der Waals surface area contributed by atoms with E-state index in [0.717, 1.165) is 17.2 Å². The number of hydrogen-bond acceptors (Lipinski definition) is 2. The maximum atomic E-state index is 5.67. The van der Waals surface area contributed by atoms with Crippen LogP contribution in [-0.4, -0.2) is 0 Å². The van der Waals surface area contributed by atoms with Crippen LogP contribution in [0, 0.1) is 5.92 Å². The highest BCUT2D eigenvalue weighted by Gasteiger charge is 2.06. The zero-order valence-electron chi connectivity index (χ0n) is 9.66. The van der Waals surface area contributed by atoms with E-state index in [2.05, 4.69) is 43.1 Å². The van der Waals surface area contributed by atoms with Crippen LogP contribution < -0.4 is 10.7 Å². The Balaban J connectivity index is 2.19. The molecule has 0 aliphatic carbocycles. The van der Waals surface area contributed by atoms with Crippen molar-refractivity contribution in [1.29, 1.82) is 0 Å². The average Bonchev–Trinajstić information content (AvgIpc) is 2.65. The molecule has 0 unspecified atom stereocenters. The number of aromatic amines is 1. The number of rotatable bonds is 3. The number of thiazole rings is 1. The summed E-state index contributed by atoms with van der Waals surface area (Å²) in [5.74, 6) is 0.703. The fourth-order valence-corrected chi connectivity index (χ4v) is 2.35. The van der Waals surface area contributed by atoms with Crippen molar-refractivity contribution < 1.29 is 4.98 Å². The molecule has 1 heterocycles. The van der Waals surface area contributed by atoms with Crippen LogP contribution >= 0.6 is 11.3 Å². The van der Waals surface area contributed by atoms with Crippen LogP contribution in [0.5, 0.6) is 0 Å². The summed E-state index contributed by atoms with van der Waals surface area (Å²) in [6, 6.07) is 8.68. The molecule has 2 rings (SSSR count). The third kappa shape index (κ3) is 2.61. The maximum Gasteiger partial charge on any atom is 0.329 e. The molecule has 0 amide bonds. The molecule has 3 heteroatoms. The number of H-pyrrole nitrogens is 1. The Morgan fingerprint density at radius 1 is 1.25 bits per heavy atom. The molecule has 0 aliphatic rings. The van der Waals surface area contributed by atoms with Crippen LogP contribution in [0.1, 0.15) is 19.4 Å². The van der Waals surface area contributed by atoms with Gasteiger partial charge in [0.05, 0.1) is 0 Å². The lowest BCUT2D eigenvalue weighted by molar-refractivity contribution is -0.340. The molecular formula is C13H17N2S+. The molecule has 1 aromatic carbocycles. The summed E-state index contributed by atoms with van der Waals surface area (Å²) < 4.78 is 0. The van der Waals surface area contributed by atoms with E-state index in [4.69, 9.17) is 5.73 Å². The van der Waals surface area contributed by atoms with Crippen molar-refractivity contribution in [3.8, 4) is 11.3 Å². The Hall–Kier alpha value is -1.35. The van der Waals surface area contributed by atoms with E-state index in [1.54, 1.807) is 0 Å². The zero-order chi connectivity index (χ0) is 11.5. The first-order valence-electron chi connectivity index (χ1n) is 5.51. The van der Waals surface area contributed by atoms with Crippen LogP contribution in [0.25, 0.3) is 11.3 Å². The van der Waals surface area contributed by atoms with E-state index >= 15 is 0 Å². The minimum Gasteiger partial charge on any atom is -0.278 e. The number of benzene rings is 1. The monoisotopic (exact) mass is 233 g/mol. The summed E-state index contributed by atoms with van der Waals surface area (Å²) in [7, 11) is 0. The molecule has 0 spiro atoms. The molecule has 2 nitrogen and oxygen atoms in total. The molecule has 16 heavy (non-hydrogen) atoms. The van der Waals surface area contributed by atoms with Gasteiger partial charge >= 0.3 is 5.13 Å². The summed E-state index contributed by atoms with van der Waals surface area (Å²) >= 11 is 1.54. The second-order valence-electron chi connectivity index (χ2n) is 4.43. The molecular weight excluding hydrogens is 216 g/mol. The molecule has 0 radical (unpaired) electrons. The Kier molecular flexibility index (Phi) is 3.25. The first-order chi connectivity index (χ1) is 7.65. The third-order valence-corrected chi connectivity index (χ3v) is 3.18. The highest BCUT2D eigenvalue weighted by molar-refractivity contribution is 7.13. The molecule has 3 N–H and O–H groups in total. The van der Waals surface area contributed by atoms with Crippen molar-refractivity contribution in [2.45, 2.75) is 20.3 Å². The first kappa shape index (κ1) is 11.1. The van der Waals surface area contributed by atoms with Crippen LogP contribution in [0.4, 0.5) is 5.13 Å². The van der Waals surface area contributed by atoms with Gasteiger partial charge in [-0.2, -0.15) is 0 Å². The highest BCUT2D eigenvalue weighted by atomic mass is 32.1. The lowest BCUT2D eigenvalue weighted by Crippen LogP contribution is -2.06. The highest BCUT2D eigenvalue weighted by Crippen LogP contribution is 2.20. The molecule has 0 saturated carbocycles. The Morgan fingerprint density at radius 3 is 2.44 bits per heavy atom. The van der Waals surface area contributed by atoms with Gasteiger partial charge in [-0.05, 0) is 17.9 Å². The van der Waals surface area contributed by atoms with Crippen molar-refractivity contribution in [2.24, 2.45) is 5.92 Å². The van der Waals surface area contributed by atoms with E-state index in [-0.39, 0.29) is 0 Å². The normalized spacial score (nSPS) is 10.9. The van der Waals surface area contributed by atoms with Crippen molar-refractivity contribution in [1.82, 2.24) is 0 Å². The second kappa shape index (κ2) is 4.66. The summed E-state index contributed by atoms with van der Waals surface area (Å²) in [4.78, 5) is 3.15.